The van der Waals surface area contributed by atoms with Crippen molar-refractivity contribution in [3.63, 3.8) is 0 Å². The van der Waals surface area contributed by atoms with Crippen LogP contribution in [0.1, 0.15) is 13.8 Å². The van der Waals surface area contributed by atoms with Crippen molar-refractivity contribution in [2.24, 2.45) is 0 Å². The summed E-state index contributed by atoms with van der Waals surface area (Å²) in [5.74, 6) is 0. The van der Waals surface area contributed by atoms with Crippen molar-refractivity contribution >= 4 is 10.4 Å². The maximum absolute atomic E-state index is 8.74. The topological polar surface area (TPSA) is 122 Å². The summed E-state index contributed by atoms with van der Waals surface area (Å²) < 4.78 is 31.6. The predicted octanol–water partition coefficient (Wildman–Crippen LogP) is 0.00180. The van der Waals surface area contributed by atoms with Crippen LogP contribution in [0, 0.1) is 0 Å². The molecule has 0 amide bonds. The van der Waals surface area contributed by atoms with Gasteiger partial charge in [-0.15, -0.1) is 0 Å². The smallest absolute Gasteiger partial charge is 0.314 e. The molecule has 0 aromatic rings. The summed E-state index contributed by atoms with van der Waals surface area (Å²) in [6, 6.07) is 0. The second-order valence-electron chi connectivity index (χ2n) is 2.40. The molecule has 0 aromatic carbocycles. The van der Waals surface area contributed by atoms with E-state index in [1.54, 1.807) is 14.1 Å². The van der Waals surface area contributed by atoms with Crippen LogP contribution in [0.3, 0.4) is 0 Å². The Morgan fingerprint density at radius 1 is 0.933 bits per heavy atom. The molecule has 8 nitrogen and oxygen atoms in total. The fraction of sp³-hybridized carbons (Fsp3) is 1.00. The van der Waals surface area contributed by atoms with Gasteiger partial charge in [-0.1, -0.05) is 13.8 Å². The van der Waals surface area contributed by atoms with Crippen molar-refractivity contribution in [1.82, 2.24) is 10.1 Å². The monoisotopic (exact) mass is 248 g/mol. The van der Waals surface area contributed by atoms with Crippen LogP contribution in [-0.2, 0) is 10.4 Å². The number of hydrogen-bond donors (Lipinski definition) is 4. The lowest BCUT2D eigenvalue weighted by Crippen LogP contribution is -2.09. The molecule has 0 bridgehead atoms. The van der Waals surface area contributed by atoms with E-state index in [9.17, 15) is 0 Å². The Morgan fingerprint density at radius 2 is 1.00 bits per heavy atom. The molecule has 4 N–H and O–H groups in total. The molecular weight excluding hydrogens is 228 g/mol. The van der Waals surface area contributed by atoms with Crippen LogP contribution in [0.2, 0.25) is 0 Å². The SMILES string of the molecule is CCN(C)O.CCN(C)O.O=S(=O)(O)O. The van der Waals surface area contributed by atoms with Gasteiger partial charge < -0.3 is 10.4 Å². The van der Waals surface area contributed by atoms with Crippen molar-refractivity contribution in [3.8, 4) is 0 Å². The van der Waals surface area contributed by atoms with Crippen LogP contribution in [0.5, 0.6) is 0 Å². The van der Waals surface area contributed by atoms with Crippen molar-refractivity contribution < 1.29 is 27.9 Å². The van der Waals surface area contributed by atoms with Gasteiger partial charge in [-0.3, -0.25) is 9.11 Å². The van der Waals surface area contributed by atoms with E-state index in [1.165, 1.54) is 0 Å². The Bertz CT molecular complexity index is 188. The Morgan fingerprint density at radius 3 is 1.00 bits per heavy atom. The predicted molar refractivity (Wildman–Crippen MR) is 54.4 cm³/mol. The Labute approximate surface area is 90.2 Å². The molecule has 0 aliphatic rings. The maximum Gasteiger partial charge on any atom is 0.394 e. The largest absolute Gasteiger partial charge is 0.394 e. The lowest BCUT2D eigenvalue weighted by molar-refractivity contribution is -0.0598. The molecule has 0 aromatic heterocycles. The molecule has 0 fully saturated rings. The summed E-state index contributed by atoms with van der Waals surface area (Å²) in [5.41, 5.74) is 0. The van der Waals surface area contributed by atoms with Crippen molar-refractivity contribution in [2.75, 3.05) is 27.2 Å². The minimum atomic E-state index is -4.67. The quantitative estimate of drug-likeness (QED) is 0.398. The summed E-state index contributed by atoms with van der Waals surface area (Å²) in [4.78, 5) is 0. The minimum Gasteiger partial charge on any atom is -0.314 e. The first-order valence-electron chi connectivity index (χ1n) is 4.04. The molecule has 0 radical (unpaired) electrons. The highest BCUT2D eigenvalue weighted by Gasteiger charge is 1.84. The normalized spacial score (nSPS) is 10.3. The van der Waals surface area contributed by atoms with Gasteiger partial charge >= 0.3 is 10.4 Å². The first-order valence-corrected chi connectivity index (χ1v) is 5.44. The summed E-state index contributed by atoms with van der Waals surface area (Å²) in [6.45, 7) is 5.14. The third-order valence-electron chi connectivity index (χ3n) is 0.915. The average Bonchev–Trinajstić information content (AvgIpc) is 2.02. The molecule has 0 unspecified atom stereocenters. The highest BCUT2D eigenvalue weighted by molar-refractivity contribution is 7.79. The van der Waals surface area contributed by atoms with Crippen LogP contribution < -0.4 is 0 Å². The third kappa shape index (κ3) is 137. The zero-order valence-electron chi connectivity index (χ0n) is 9.32. The van der Waals surface area contributed by atoms with Crippen LogP contribution in [0.25, 0.3) is 0 Å². The summed E-state index contributed by atoms with van der Waals surface area (Å²) >= 11 is 0. The number of rotatable bonds is 2. The van der Waals surface area contributed by atoms with Crippen LogP contribution in [0.4, 0.5) is 0 Å². The van der Waals surface area contributed by atoms with E-state index in [4.69, 9.17) is 27.9 Å². The summed E-state index contributed by atoms with van der Waals surface area (Å²) in [5, 5.41) is 18.6. The third-order valence-corrected chi connectivity index (χ3v) is 0.915. The van der Waals surface area contributed by atoms with E-state index in [0.29, 0.717) is 13.1 Å². The zero-order chi connectivity index (χ0) is 13.1. The van der Waals surface area contributed by atoms with Crippen LogP contribution in [-0.4, -0.2) is 65.2 Å². The number of hydrogen-bond acceptors (Lipinski definition) is 6. The van der Waals surface area contributed by atoms with Gasteiger partial charge in [0.1, 0.15) is 0 Å². The molecule has 96 valence electrons. The van der Waals surface area contributed by atoms with Crippen molar-refractivity contribution in [2.45, 2.75) is 13.8 Å². The number of hydroxylamine groups is 4. The van der Waals surface area contributed by atoms with Gasteiger partial charge in [-0.2, -0.15) is 18.5 Å². The van der Waals surface area contributed by atoms with Gasteiger partial charge in [0.05, 0.1) is 0 Å². The van der Waals surface area contributed by atoms with E-state index >= 15 is 0 Å². The molecule has 9 heteroatoms. The molecule has 0 aliphatic heterocycles. The second-order valence-corrected chi connectivity index (χ2v) is 3.29. The Balaban J connectivity index is -0.000000144. The standard InChI is InChI=1S/2C3H9NO.H2O4S/c2*1-3-4(2)5;1-5(2,3)4/h2*5H,3H2,1-2H3;(H2,1,2,3,4). The maximum atomic E-state index is 8.74. The van der Waals surface area contributed by atoms with Gasteiger partial charge in [0.2, 0.25) is 0 Å². The Kier molecular flexibility index (Phi) is 15.8. The molecule has 15 heavy (non-hydrogen) atoms. The van der Waals surface area contributed by atoms with Crippen molar-refractivity contribution in [3.05, 3.63) is 0 Å². The van der Waals surface area contributed by atoms with Crippen LogP contribution in [0.15, 0.2) is 0 Å². The highest BCUT2D eigenvalue weighted by Crippen LogP contribution is 1.63. The van der Waals surface area contributed by atoms with Gasteiger partial charge in [0, 0.05) is 27.2 Å². The van der Waals surface area contributed by atoms with E-state index in [0.717, 1.165) is 10.1 Å². The molecule has 0 atom stereocenters. The van der Waals surface area contributed by atoms with Crippen molar-refractivity contribution in [1.29, 1.82) is 0 Å². The highest BCUT2D eigenvalue weighted by atomic mass is 32.3. The van der Waals surface area contributed by atoms with E-state index in [2.05, 4.69) is 0 Å². The fourth-order valence-corrected chi connectivity index (χ4v) is 0. The molecular formula is C6H20N2O6S. The molecule has 0 saturated carbocycles. The van der Waals surface area contributed by atoms with E-state index < -0.39 is 10.4 Å². The first-order chi connectivity index (χ1) is 6.54. The fourth-order valence-electron chi connectivity index (χ4n) is 0. The Hall–Kier alpha value is -0.290. The average molecular weight is 248 g/mol. The molecule has 0 heterocycles. The summed E-state index contributed by atoms with van der Waals surface area (Å²) in [7, 11) is -1.44. The molecule has 0 spiro atoms. The van der Waals surface area contributed by atoms with Gasteiger partial charge in [-0.05, 0) is 0 Å². The van der Waals surface area contributed by atoms with Gasteiger partial charge in [0.25, 0.3) is 0 Å². The van der Waals surface area contributed by atoms with Gasteiger partial charge in [-0.25, -0.2) is 0 Å². The first kappa shape index (κ1) is 20.2. The lowest BCUT2D eigenvalue weighted by Gasteiger charge is -1.98. The molecule has 0 aliphatic carbocycles. The van der Waals surface area contributed by atoms with Crippen LogP contribution >= 0.6 is 0 Å². The van der Waals surface area contributed by atoms with Gasteiger partial charge in [0.15, 0.2) is 0 Å². The van der Waals surface area contributed by atoms with E-state index in [1.807, 2.05) is 13.8 Å². The number of nitrogens with zero attached hydrogens (tertiary/aromatic N) is 2. The minimum absolute atomic E-state index is 0.694. The van der Waals surface area contributed by atoms with E-state index in [-0.39, 0.29) is 0 Å². The molecule has 0 saturated heterocycles. The summed E-state index contributed by atoms with van der Waals surface area (Å²) in [6.07, 6.45) is 0. The zero-order valence-corrected chi connectivity index (χ0v) is 10.1. The second kappa shape index (κ2) is 11.8. The molecule has 0 rings (SSSR count). The lowest BCUT2D eigenvalue weighted by atomic mass is 10.8.